The molecule has 48 heavy (non-hydrogen) atoms. The van der Waals surface area contributed by atoms with E-state index in [4.69, 9.17) is 20.6 Å². The van der Waals surface area contributed by atoms with E-state index in [-0.39, 0.29) is 12.1 Å². The minimum Gasteiger partial charge on any atom is -0.379 e. The van der Waals surface area contributed by atoms with Crippen LogP contribution in [0.4, 0.5) is 0 Å². The molecule has 0 aromatic carbocycles. The number of ether oxygens (including phenoxy) is 2. The van der Waals surface area contributed by atoms with Crippen molar-refractivity contribution >= 4 is 27.5 Å². The Hall–Kier alpha value is -1.15. The molecule has 1 atom stereocenters. The van der Waals surface area contributed by atoms with Crippen molar-refractivity contribution in [2.45, 2.75) is 174 Å². The van der Waals surface area contributed by atoms with Gasteiger partial charge in [-0.2, -0.15) is 0 Å². The van der Waals surface area contributed by atoms with E-state index >= 15 is 0 Å². The summed E-state index contributed by atoms with van der Waals surface area (Å²) in [6.45, 7) is 6.81. The molecule has 0 radical (unpaired) electrons. The molecular weight excluding hydrogens is 631 g/mol. The molecule has 280 valence electrons. The first kappa shape index (κ1) is 46.9. The van der Waals surface area contributed by atoms with E-state index < -0.39 is 0 Å². The molecule has 0 amide bonds. The summed E-state index contributed by atoms with van der Waals surface area (Å²) < 4.78 is 12.3. The van der Waals surface area contributed by atoms with E-state index in [1.165, 1.54) is 128 Å². The Labute approximate surface area is 306 Å². The van der Waals surface area contributed by atoms with E-state index in [1.54, 1.807) is 21.6 Å². The quantitative estimate of drug-likeness (QED) is 0.0148. The largest absolute Gasteiger partial charge is 0.379 e. The number of rotatable bonds is 38. The maximum atomic E-state index is 7.30. The zero-order valence-corrected chi connectivity index (χ0v) is 33.0. The standard InChI is InChI=1S/C41H77N3O2S2/c1-3-5-7-9-11-13-15-17-19-21-23-25-27-29-31-33-35-45-37-40(38-47-48-39-44-41(42)43)46-36-34-32-30-28-26-24-22-20-18-16-14-12-10-8-6-4-2/h11-14,17-20,40H,3-10,15-16,21-39H2,1-2H3,(H4,42,43,44)/b13-11-,14-12-,19-17-,20-18-. The fourth-order valence-corrected chi connectivity index (χ4v) is 7.07. The maximum absolute atomic E-state index is 7.30. The van der Waals surface area contributed by atoms with E-state index in [9.17, 15) is 0 Å². The van der Waals surface area contributed by atoms with Gasteiger partial charge in [-0.1, -0.05) is 161 Å². The average molecular weight is 708 g/mol. The molecule has 0 aliphatic carbocycles. The monoisotopic (exact) mass is 708 g/mol. The van der Waals surface area contributed by atoms with Gasteiger partial charge in [0.05, 0.1) is 18.6 Å². The summed E-state index contributed by atoms with van der Waals surface area (Å²) in [5, 5.41) is 10.1. The van der Waals surface area contributed by atoms with Gasteiger partial charge in [0.25, 0.3) is 0 Å². The third kappa shape index (κ3) is 41.0. The summed E-state index contributed by atoms with van der Waals surface area (Å²) in [5.41, 5.74) is 5.39. The highest BCUT2D eigenvalue weighted by molar-refractivity contribution is 8.76. The molecule has 0 aliphatic rings. The minimum absolute atomic E-state index is 0.0184. The third-order valence-corrected chi connectivity index (χ3v) is 10.3. The molecular formula is C41H77N3O2S2. The maximum Gasteiger partial charge on any atom is 0.186 e. The predicted molar refractivity (Wildman–Crippen MR) is 219 cm³/mol. The Morgan fingerprint density at radius 2 is 1.02 bits per heavy atom. The fraction of sp³-hybridized carbons (Fsp3) is 0.780. The first-order valence-corrected chi connectivity index (χ1v) is 22.3. The van der Waals surface area contributed by atoms with Crippen LogP contribution in [-0.2, 0) is 9.47 Å². The van der Waals surface area contributed by atoms with Crippen molar-refractivity contribution in [3.05, 3.63) is 48.6 Å². The van der Waals surface area contributed by atoms with Crippen molar-refractivity contribution in [1.82, 2.24) is 5.32 Å². The van der Waals surface area contributed by atoms with Crippen LogP contribution in [0, 0.1) is 5.41 Å². The van der Waals surface area contributed by atoms with Crippen LogP contribution in [0.2, 0.25) is 0 Å². The molecule has 0 spiro atoms. The van der Waals surface area contributed by atoms with Crippen LogP contribution in [0.25, 0.3) is 0 Å². The zero-order chi connectivity index (χ0) is 34.9. The van der Waals surface area contributed by atoms with Gasteiger partial charge in [0.2, 0.25) is 0 Å². The van der Waals surface area contributed by atoms with Gasteiger partial charge in [0.15, 0.2) is 5.96 Å². The summed E-state index contributed by atoms with van der Waals surface area (Å²) >= 11 is 0. The predicted octanol–water partition coefficient (Wildman–Crippen LogP) is 12.8. The van der Waals surface area contributed by atoms with Crippen LogP contribution in [0.3, 0.4) is 0 Å². The number of unbranched alkanes of at least 4 members (excludes halogenated alkanes) is 18. The second kappa shape index (κ2) is 42.0. The molecule has 0 heterocycles. The lowest BCUT2D eigenvalue weighted by molar-refractivity contribution is -0.00609. The lowest BCUT2D eigenvalue weighted by Crippen LogP contribution is -2.29. The van der Waals surface area contributed by atoms with E-state index in [0.717, 1.165) is 44.6 Å². The second-order valence-corrected chi connectivity index (χ2v) is 15.4. The number of allylic oxidation sites excluding steroid dienone is 8. The molecule has 0 rings (SSSR count). The van der Waals surface area contributed by atoms with E-state index in [1.807, 2.05) is 0 Å². The van der Waals surface area contributed by atoms with Crippen LogP contribution >= 0.6 is 21.6 Å². The number of hydrogen-bond donors (Lipinski definition) is 3. The molecule has 5 nitrogen and oxygen atoms in total. The summed E-state index contributed by atoms with van der Waals surface area (Å²) in [5.74, 6) is 1.53. The Bertz CT molecular complexity index is 773. The van der Waals surface area contributed by atoms with Gasteiger partial charge in [-0.3, -0.25) is 5.41 Å². The molecule has 0 aromatic rings. The third-order valence-electron chi connectivity index (χ3n) is 8.15. The van der Waals surface area contributed by atoms with Gasteiger partial charge in [-0.15, -0.1) is 0 Å². The number of hydrogen-bond acceptors (Lipinski definition) is 5. The smallest absolute Gasteiger partial charge is 0.186 e. The second-order valence-electron chi connectivity index (χ2n) is 12.9. The summed E-state index contributed by atoms with van der Waals surface area (Å²) in [7, 11) is 3.44. The van der Waals surface area contributed by atoms with Crippen molar-refractivity contribution in [3.63, 3.8) is 0 Å². The highest BCUT2D eigenvalue weighted by Gasteiger charge is 2.10. The average Bonchev–Trinajstić information content (AvgIpc) is 3.08. The molecule has 4 N–H and O–H groups in total. The Morgan fingerprint density at radius 1 is 0.583 bits per heavy atom. The molecule has 1 unspecified atom stereocenters. The molecule has 0 aliphatic heterocycles. The topological polar surface area (TPSA) is 80.4 Å². The Morgan fingerprint density at radius 3 is 1.50 bits per heavy atom. The normalized spacial score (nSPS) is 12.8. The fourth-order valence-electron chi connectivity index (χ4n) is 5.16. The van der Waals surface area contributed by atoms with Crippen LogP contribution in [-0.4, -0.2) is 43.5 Å². The number of nitrogens with two attached hydrogens (primary N) is 1. The van der Waals surface area contributed by atoms with Gasteiger partial charge in [-0.05, 0) is 77.0 Å². The highest BCUT2D eigenvalue weighted by Crippen LogP contribution is 2.22. The van der Waals surface area contributed by atoms with Crippen molar-refractivity contribution in [2.24, 2.45) is 5.73 Å². The van der Waals surface area contributed by atoms with E-state index in [0.29, 0.717) is 12.5 Å². The van der Waals surface area contributed by atoms with Gasteiger partial charge in [-0.25, -0.2) is 0 Å². The zero-order valence-electron chi connectivity index (χ0n) is 31.4. The Balaban J connectivity index is 3.85. The molecule has 0 saturated carbocycles. The first-order chi connectivity index (χ1) is 23.7. The lowest BCUT2D eigenvalue weighted by atomic mass is 10.1. The van der Waals surface area contributed by atoms with Crippen molar-refractivity contribution in [2.75, 3.05) is 31.5 Å². The number of guanidine groups is 1. The van der Waals surface area contributed by atoms with Crippen molar-refractivity contribution in [3.8, 4) is 0 Å². The van der Waals surface area contributed by atoms with Crippen LogP contribution in [0.15, 0.2) is 48.6 Å². The molecule has 0 saturated heterocycles. The summed E-state index contributed by atoms with van der Waals surface area (Å²) in [6.07, 6.45) is 49.0. The molecule has 7 heteroatoms. The molecule has 0 bridgehead atoms. The van der Waals surface area contributed by atoms with Crippen LogP contribution < -0.4 is 11.1 Å². The van der Waals surface area contributed by atoms with Gasteiger partial charge in [0.1, 0.15) is 0 Å². The molecule has 0 aromatic heterocycles. The van der Waals surface area contributed by atoms with Crippen molar-refractivity contribution in [1.29, 1.82) is 5.41 Å². The minimum atomic E-state index is 0.0184. The van der Waals surface area contributed by atoms with Crippen molar-refractivity contribution < 1.29 is 9.47 Å². The van der Waals surface area contributed by atoms with Crippen LogP contribution in [0.1, 0.15) is 168 Å². The highest BCUT2D eigenvalue weighted by atomic mass is 33.1. The number of nitrogens with one attached hydrogen (secondary N) is 2. The Kier molecular flexibility index (Phi) is 41.0. The SMILES string of the molecule is CCCCC/C=C\C/C=C\CCCCCCCCOCC(CSSCNC(=N)N)OCCCCCCCC/C=C\C/C=C\CCCCC. The summed E-state index contributed by atoms with van der Waals surface area (Å²) in [6, 6.07) is 0. The lowest BCUT2D eigenvalue weighted by Gasteiger charge is -2.18. The van der Waals surface area contributed by atoms with Gasteiger partial charge >= 0.3 is 0 Å². The summed E-state index contributed by atoms with van der Waals surface area (Å²) in [4.78, 5) is 0. The van der Waals surface area contributed by atoms with E-state index in [2.05, 4.69) is 67.8 Å². The van der Waals surface area contributed by atoms with Gasteiger partial charge < -0.3 is 20.5 Å². The molecule has 0 fully saturated rings. The first-order valence-electron chi connectivity index (χ1n) is 19.8. The van der Waals surface area contributed by atoms with Gasteiger partial charge in [0, 0.05) is 19.0 Å². The van der Waals surface area contributed by atoms with Crippen LogP contribution in [0.5, 0.6) is 0 Å².